The van der Waals surface area contributed by atoms with Gasteiger partial charge < -0.3 is 10.5 Å². The van der Waals surface area contributed by atoms with Gasteiger partial charge in [-0.05, 0) is 12.1 Å². The Morgan fingerprint density at radius 1 is 1.27 bits per heavy atom. The van der Waals surface area contributed by atoms with Gasteiger partial charge in [0.1, 0.15) is 5.75 Å². The molecule has 76 valence electrons. The second-order valence-electron chi connectivity index (χ2n) is 2.50. The maximum absolute atomic E-state index is 11.1. The number of ether oxygens (including phenoxy) is 1. The summed E-state index contributed by atoms with van der Waals surface area (Å²) in [6.45, 7) is 0. The Hall–Kier alpha value is -0.550. The fourth-order valence-electron chi connectivity index (χ4n) is 0.773. The molecule has 0 radical (unpaired) electrons. The average Bonchev–Trinajstić information content (AvgIpc) is 2.18. The summed E-state index contributed by atoms with van der Waals surface area (Å²) in [7, 11) is 0. The third kappa shape index (κ3) is 4.66. The normalized spacial score (nSPS) is 11.0. The summed E-state index contributed by atoms with van der Waals surface area (Å²) in [6.07, 6.45) is 0. The van der Waals surface area contributed by atoms with Crippen molar-refractivity contribution in [2.24, 2.45) is 5.73 Å². The first-order chi connectivity index (χ1) is 6.61. The number of amides is 1. The Bertz CT molecular complexity index is 344. The van der Waals surface area contributed by atoms with Crippen molar-refractivity contribution >= 4 is 53.0 Å². The summed E-state index contributed by atoms with van der Waals surface area (Å²) in [6, 6.07) is 8.29. The number of hydrogen-bond donors (Lipinski definition) is 1. The van der Waals surface area contributed by atoms with E-state index in [1.165, 1.54) is 0 Å². The van der Waals surface area contributed by atoms with Crippen LogP contribution < -0.4 is 10.5 Å². The molecule has 0 saturated carbocycles. The quantitative estimate of drug-likeness (QED) is 0.265. The van der Waals surface area contributed by atoms with Gasteiger partial charge >= 0.3 is 35.5 Å². The predicted octanol–water partition coefficient (Wildman–Crippen LogP) is 0.0362. The molecule has 15 heavy (non-hydrogen) atoms. The minimum absolute atomic E-state index is 0. The molecule has 2 N–H and O–H groups in total. The van der Waals surface area contributed by atoms with E-state index in [4.69, 9.17) is 22.1 Å². The molecular weight excluding hydrogens is 229 g/mol. The summed E-state index contributed by atoms with van der Waals surface area (Å²) in [4.78, 5) is 21.6. The number of halogens is 1. The van der Waals surface area contributed by atoms with Crippen molar-refractivity contribution in [3.05, 3.63) is 30.3 Å². The van der Waals surface area contributed by atoms with Crippen LogP contribution in [-0.4, -0.2) is 46.8 Å². The van der Waals surface area contributed by atoms with E-state index < -0.39 is 17.3 Å². The Morgan fingerprint density at radius 2 is 1.80 bits per heavy atom. The third-order valence-corrected chi connectivity index (χ3v) is 1.81. The SMILES string of the molecule is NC(=O)C(Cl)C(=O)Oc1ccccc1.[NaH]. The van der Waals surface area contributed by atoms with Crippen molar-refractivity contribution < 1.29 is 14.3 Å². The third-order valence-electron chi connectivity index (χ3n) is 1.42. The van der Waals surface area contributed by atoms with Crippen molar-refractivity contribution in [2.75, 3.05) is 0 Å². The number of primary amides is 1. The molecule has 4 nitrogen and oxygen atoms in total. The number of carbonyl (C=O) groups excluding carboxylic acids is 2. The van der Waals surface area contributed by atoms with Crippen LogP contribution in [-0.2, 0) is 9.59 Å². The predicted molar refractivity (Wildman–Crippen MR) is 58.1 cm³/mol. The minimum atomic E-state index is -1.45. The molecule has 1 unspecified atom stereocenters. The Labute approximate surface area is 114 Å². The number of alkyl halides is 1. The molecule has 0 saturated heterocycles. The Morgan fingerprint density at radius 3 is 2.27 bits per heavy atom. The summed E-state index contributed by atoms with van der Waals surface area (Å²) < 4.78 is 4.77. The van der Waals surface area contributed by atoms with Crippen LogP contribution >= 0.6 is 11.6 Å². The van der Waals surface area contributed by atoms with E-state index in [0.717, 1.165) is 0 Å². The molecule has 1 rings (SSSR count). The summed E-state index contributed by atoms with van der Waals surface area (Å²) >= 11 is 5.37. The fraction of sp³-hybridized carbons (Fsp3) is 0.111. The number of para-hydroxylation sites is 1. The number of benzene rings is 1. The zero-order valence-corrected chi connectivity index (χ0v) is 7.90. The van der Waals surface area contributed by atoms with E-state index in [1.807, 2.05) is 0 Å². The molecule has 0 heterocycles. The number of esters is 1. The van der Waals surface area contributed by atoms with E-state index in [1.54, 1.807) is 30.3 Å². The van der Waals surface area contributed by atoms with Crippen molar-refractivity contribution in [2.45, 2.75) is 5.38 Å². The van der Waals surface area contributed by atoms with Crippen LogP contribution in [0.1, 0.15) is 0 Å². The van der Waals surface area contributed by atoms with Crippen LogP contribution in [0.3, 0.4) is 0 Å². The van der Waals surface area contributed by atoms with E-state index in [-0.39, 0.29) is 29.6 Å². The fourth-order valence-corrected chi connectivity index (χ4v) is 0.817. The first-order valence-electron chi connectivity index (χ1n) is 3.81. The second kappa shape index (κ2) is 6.85. The molecule has 6 heteroatoms. The van der Waals surface area contributed by atoms with Crippen molar-refractivity contribution in [1.29, 1.82) is 0 Å². The van der Waals surface area contributed by atoms with Gasteiger partial charge in [0.15, 0.2) is 0 Å². The average molecular weight is 238 g/mol. The molecule has 1 aromatic rings. The number of rotatable bonds is 3. The van der Waals surface area contributed by atoms with E-state index >= 15 is 0 Å². The molecule has 0 aliphatic heterocycles. The molecule has 0 fully saturated rings. The van der Waals surface area contributed by atoms with Gasteiger partial charge in [0.25, 0.3) is 0 Å². The van der Waals surface area contributed by atoms with Gasteiger partial charge in [-0.1, -0.05) is 29.8 Å². The van der Waals surface area contributed by atoms with Crippen molar-refractivity contribution in [1.82, 2.24) is 0 Å². The molecule has 0 aromatic heterocycles. The van der Waals surface area contributed by atoms with Crippen LogP contribution in [0, 0.1) is 0 Å². The Kier molecular flexibility index (Phi) is 6.60. The number of hydrogen-bond acceptors (Lipinski definition) is 3. The number of carbonyl (C=O) groups is 2. The zero-order valence-electron chi connectivity index (χ0n) is 7.14. The van der Waals surface area contributed by atoms with Crippen LogP contribution in [0.25, 0.3) is 0 Å². The van der Waals surface area contributed by atoms with Gasteiger partial charge in [-0.25, -0.2) is 4.79 Å². The van der Waals surface area contributed by atoms with Gasteiger partial charge in [-0.2, -0.15) is 0 Å². The first kappa shape index (κ1) is 14.5. The Balaban J connectivity index is 0.00000196. The van der Waals surface area contributed by atoms with Gasteiger partial charge in [-0.3, -0.25) is 4.79 Å². The molecular formula is C9H9ClNNaO3. The zero-order chi connectivity index (χ0) is 10.6. The molecule has 1 amide bonds. The molecule has 0 spiro atoms. The summed E-state index contributed by atoms with van der Waals surface area (Å²) in [5.41, 5.74) is 4.82. The maximum atomic E-state index is 11.1. The molecule has 0 aliphatic carbocycles. The second-order valence-corrected chi connectivity index (χ2v) is 2.94. The molecule has 1 atom stereocenters. The van der Waals surface area contributed by atoms with Gasteiger partial charge in [0.2, 0.25) is 11.3 Å². The van der Waals surface area contributed by atoms with E-state index in [2.05, 4.69) is 0 Å². The molecule has 1 aromatic carbocycles. The topological polar surface area (TPSA) is 69.4 Å². The summed E-state index contributed by atoms with van der Waals surface area (Å²) in [5, 5.41) is -1.45. The van der Waals surface area contributed by atoms with Crippen LogP contribution in [0.4, 0.5) is 0 Å². The van der Waals surface area contributed by atoms with Crippen molar-refractivity contribution in [3.8, 4) is 5.75 Å². The summed E-state index contributed by atoms with van der Waals surface area (Å²) in [5.74, 6) is -1.47. The van der Waals surface area contributed by atoms with Gasteiger partial charge in [0, 0.05) is 0 Å². The number of nitrogens with two attached hydrogens (primary N) is 1. The van der Waals surface area contributed by atoms with Gasteiger partial charge in [-0.15, -0.1) is 0 Å². The van der Waals surface area contributed by atoms with Crippen LogP contribution in [0.5, 0.6) is 5.75 Å². The van der Waals surface area contributed by atoms with Gasteiger partial charge in [0.05, 0.1) is 0 Å². The van der Waals surface area contributed by atoms with Crippen molar-refractivity contribution in [3.63, 3.8) is 0 Å². The monoisotopic (exact) mass is 237 g/mol. The standard InChI is InChI=1S/C9H8ClNO3.Na.H/c10-7(8(11)12)9(13)14-6-4-2-1-3-5-6;;/h1-5,7H,(H2,11,12);;. The molecule has 0 aliphatic rings. The van der Waals surface area contributed by atoms with Crippen LogP contribution in [0.2, 0.25) is 0 Å². The first-order valence-corrected chi connectivity index (χ1v) is 4.25. The molecule has 0 bridgehead atoms. The van der Waals surface area contributed by atoms with Crippen LogP contribution in [0.15, 0.2) is 30.3 Å². The van der Waals surface area contributed by atoms with E-state index in [9.17, 15) is 9.59 Å². The van der Waals surface area contributed by atoms with E-state index in [0.29, 0.717) is 5.75 Å².